The highest BCUT2D eigenvalue weighted by Crippen LogP contribution is 2.33. The Labute approximate surface area is 127 Å². The monoisotopic (exact) mass is 307 g/mol. The quantitative estimate of drug-likeness (QED) is 0.874. The molecule has 1 aliphatic rings. The van der Waals surface area contributed by atoms with Crippen LogP contribution in [-0.2, 0) is 9.59 Å². The average Bonchev–Trinajstić information content (AvgIpc) is 2.46. The third kappa shape index (κ3) is 3.78. The molecule has 0 saturated heterocycles. The van der Waals surface area contributed by atoms with E-state index in [1.54, 1.807) is 0 Å². The highest BCUT2D eigenvalue weighted by molar-refractivity contribution is 8.03. The Morgan fingerprint density at radius 2 is 2.19 bits per heavy atom. The zero-order valence-corrected chi connectivity index (χ0v) is 12.6. The number of aliphatic carboxylic acids is 1. The Bertz CT molecular complexity index is 571. The van der Waals surface area contributed by atoms with Crippen molar-refractivity contribution in [2.75, 3.05) is 18.9 Å². The molecule has 1 aromatic carbocycles. The second-order valence-corrected chi connectivity index (χ2v) is 5.29. The lowest BCUT2D eigenvalue weighted by molar-refractivity contribution is -0.137. The highest BCUT2D eigenvalue weighted by Gasteiger charge is 2.25. The van der Waals surface area contributed by atoms with E-state index in [4.69, 9.17) is 9.84 Å². The second-order valence-electron chi connectivity index (χ2n) is 4.43. The number of nitrogens with zero attached hydrogens (tertiary/aromatic N) is 1. The summed E-state index contributed by atoms with van der Waals surface area (Å²) in [4.78, 5) is 24.4. The zero-order chi connectivity index (χ0) is 15.2. The minimum atomic E-state index is -0.918. The van der Waals surface area contributed by atoms with Crippen molar-refractivity contribution in [2.24, 2.45) is 0 Å². The van der Waals surface area contributed by atoms with Gasteiger partial charge in [-0.05, 0) is 24.5 Å². The summed E-state index contributed by atoms with van der Waals surface area (Å²) in [6, 6.07) is 7.47. The standard InChI is InChI=1S/C15H17NO4S/c1-2-20-13-6-4-3-5-11(13)12-9-21-10-14(17)16(12)8-7-15(18)19/h3-6,9H,2,7-8,10H2,1H3,(H,18,19). The normalized spacial score (nSPS) is 14.8. The third-order valence-corrected chi connectivity index (χ3v) is 3.81. The first-order valence-electron chi connectivity index (χ1n) is 6.69. The summed E-state index contributed by atoms with van der Waals surface area (Å²) in [6.07, 6.45) is -0.0788. The number of hydrogen-bond donors (Lipinski definition) is 1. The van der Waals surface area contributed by atoms with Crippen molar-refractivity contribution in [3.8, 4) is 5.75 Å². The summed E-state index contributed by atoms with van der Waals surface area (Å²) in [5.74, 6) is 0.0327. The minimum absolute atomic E-state index is 0.0787. The number of ether oxygens (including phenoxy) is 1. The fourth-order valence-electron chi connectivity index (χ4n) is 2.09. The van der Waals surface area contributed by atoms with Gasteiger partial charge in [0.1, 0.15) is 5.75 Å². The lowest BCUT2D eigenvalue weighted by atomic mass is 10.1. The molecule has 0 aliphatic carbocycles. The van der Waals surface area contributed by atoms with Crippen LogP contribution in [0.25, 0.3) is 5.70 Å². The first-order chi connectivity index (χ1) is 10.1. The molecule has 6 heteroatoms. The molecule has 0 saturated carbocycles. The van der Waals surface area contributed by atoms with E-state index in [9.17, 15) is 9.59 Å². The van der Waals surface area contributed by atoms with Gasteiger partial charge in [-0.1, -0.05) is 12.1 Å². The molecule has 0 radical (unpaired) electrons. The van der Waals surface area contributed by atoms with Crippen molar-refractivity contribution < 1.29 is 19.4 Å². The summed E-state index contributed by atoms with van der Waals surface area (Å²) < 4.78 is 5.60. The Kier molecular flexibility index (Phi) is 5.27. The molecule has 112 valence electrons. The number of carboxylic acids is 1. The Morgan fingerprint density at radius 1 is 1.43 bits per heavy atom. The van der Waals surface area contributed by atoms with Crippen molar-refractivity contribution in [2.45, 2.75) is 13.3 Å². The maximum absolute atomic E-state index is 12.1. The molecule has 0 aromatic heterocycles. The smallest absolute Gasteiger partial charge is 0.305 e. The Balaban J connectivity index is 2.32. The van der Waals surface area contributed by atoms with E-state index in [1.165, 1.54) is 16.7 Å². The van der Waals surface area contributed by atoms with E-state index in [1.807, 2.05) is 36.6 Å². The summed E-state index contributed by atoms with van der Waals surface area (Å²) in [5.41, 5.74) is 1.52. The fraction of sp³-hybridized carbons (Fsp3) is 0.333. The molecule has 0 fully saturated rings. The SMILES string of the molecule is CCOc1ccccc1C1=CSCC(=O)N1CCC(=O)O. The summed E-state index contributed by atoms with van der Waals surface area (Å²) in [5, 5.41) is 10.7. The van der Waals surface area contributed by atoms with Crippen molar-refractivity contribution in [3.63, 3.8) is 0 Å². The van der Waals surface area contributed by atoms with E-state index in [0.29, 0.717) is 23.8 Å². The molecule has 0 spiro atoms. The van der Waals surface area contributed by atoms with Crippen LogP contribution < -0.4 is 4.74 Å². The van der Waals surface area contributed by atoms with Gasteiger partial charge in [-0.2, -0.15) is 0 Å². The van der Waals surface area contributed by atoms with Gasteiger partial charge < -0.3 is 14.7 Å². The summed E-state index contributed by atoms with van der Waals surface area (Å²) in [7, 11) is 0. The van der Waals surface area contributed by atoms with Crippen LogP contribution in [-0.4, -0.2) is 40.8 Å². The van der Waals surface area contributed by atoms with E-state index < -0.39 is 5.97 Å². The maximum Gasteiger partial charge on any atom is 0.305 e. The van der Waals surface area contributed by atoms with Crippen LogP contribution in [0.3, 0.4) is 0 Å². The number of hydrogen-bond acceptors (Lipinski definition) is 4. The van der Waals surface area contributed by atoms with Crippen LogP contribution in [0.15, 0.2) is 29.7 Å². The molecule has 0 bridgehead atoms. The summed E-state index contributed by atoms with van der Waals surface area (Å²) in [6.45, 7) is 2.59. The van der Waals surface area contributed by atoms with Crippen LogP contribution in [0, 0.1) is 0 Å². The van der Waals surface area contributed by atoms with Crippen LogP contribution in [0.4, 0.5) is 0 Å². The van der Waals surface area contributed by atoms with Crippen molar-refractivity contribution in [1.82, 2.24) is 4.90 Å². The summed E-state index contributed by atoms with van der Waals surface area (Å²) >= 11 is 1.41. The predicted molar refractivity (Wildman–Crippen MR) is 82.0 cm³/mol. The van der Waals surface area contributed by atoms with Crippen molar-refractivity contribution >= 4 is 29.3 Å². The number of carbonyl (C=O) groups is 2. The number of carboxylic acid groups (broad SMARTS) is 1. The topological polar surface area (TPSA) is 66.8 Å². The number of carbonyl (C=O) groups excluding carboxylic acids is 1. The maximum atomic E-state index is 12.1. The van der Waals surface area contributed by atoms with E-state index in [0.717, 1.165) is 5.56 Å². The number of para-hydroxylation sites is 1. The van der Waals surface area contributed by atoms with Gasteiger partial charge in [0.15, 0.2) is 0 Å². The van der Waals surface area contributed by atoms with Crippen molar-refractivity contribution in [1.29, 1.82) is 0 Å². The van der Waals surface area contributed by atoms with Gasteiger partial charge in [-0.25, -0.2) is 0 Å². The van der Waals surface area contributed by atoms with E-state index in [2.05, 4.69) is 0 Å². The van der Waals surface area contributed by atoms with Gasteiger partial charge in [0.2, 0.25) is 5.91 Å². The molecule has 0 unspecified atom stereocenters. The Morgan fingerprint density at radius 3 is 2.90 bits per heavy atom. The minimum Gasteiger partial charge on any atom is -0.493 e. The lowest BCUT2D eigenvalue weighted by Crippen LogP contribution is -2.35. The fourth-order valence-corrected chi connectivity index (χ4v) is 2.88. The molecule has 2 rings (SSSR count). The number of thioether (sulfide) groups is 1. The third-order valence-electron chi connectivity index (χ3n) is 3.01. The van der Waals surface area contributed by atoms with Crippen molar-refractivity contribution in [3.05, 3.63) is 35.2 Å². The average molecular weight is 307 g/mol. The highest BCUT2D eigenvalue weighted by atomic mass is 32.2. The lowest BCUT2D eigenvalue weighted by Gasteiger charge is -2.29. The molecule has 1 N–H and O–H groups in total. The first-order valence-corrected chi connectivity index (χ1v) is 7.74. The number of benzene rings is 1. The van der Waals surface area contributed by atoms with Crippen LogP contribution in [0.2, 0.25) is 0 Å². The largest absolute Gasteiger partial charge is 0.493 e. The number of amides is 1. The van der Waals surface area contributed by atoms with E-state index >= 15 is 0 Å². The van der Waals surface area contributed by atoms with Gasteiger partial charge in [-0.15, -0.1) is 11.8 Å². The van der Waals surface area contributed by atoms with Crippen LogP contribution in [0.5, 0.6) is 5.75 Å². The molecule has 1 amide bonds. The predicted octanol–water partition coefficient (Wildman–Crippen LogP) is 2.43. The second kappa shape index (κ2) is 7.17. The molecule has 1 heterocycles. The molecule has 0 atom stereocenters. The molecular formula is C15H17NO4S. The van der Waals surface area contributed by atoms with E-state index in [-0.39, 0.29) is 18.9 Å². The van der Waals surface area contributed by atoms with Gasteiger partial charge in [0.25, 0.3) is 0 Å². The zero-order valence-electron chi connectivity index (χ0n) is 11.7. The van der Waals surface area contributed by atoms with Gasteiger partial charge in [0, 0.05) is 12.1 Å². The molecule has 1 aromatic rings. The first kappa shape index (κ1) is 15.4. The molecule has 21 heavy (non-hydrogen) atoms. The molecule has 5 nitrogen and oxygen atoms in total. The van der Waals surface area contributed by atoms with Gasteiger partial charge >= 0.3 is 5.97 Å². The van der Waals surface area contributed by atoms with Gasteiger partial charge in [0.05, 0.1) is 24.5 Å². The molecular weight excluding hydrogens is 290 g/mol. The Hall–Kier alpha value is -1.95. The van der Waals surface area contributed by atoms with Crippen LogP contribution >= 0.6 is 11.8 Å². The molecule has 1 aliphatic heterocycles. The number of rotatable bonds is 6. The van der Waals surface area contributed by atoms with Crippen LogP contribution in [0.1, 0.15) is 18.9 Å². The van der Waals surface area contributed by atoms with Gasteiger partial charge in [-0.3, -0.25) is 9.59 Å².